The number of rotatable bonds is 6. The SMILES string of the molecule is CCCN(CC(N)=NO)S(=O)(=O)CC(C)(C)C. The van der Waals surface area contributed by atoms with Crippen LogP contribution in [0.25, 0.3) is 0 Å². The van der Waals surface area contributed by atoms with Gasteiger partial charge in [0, 0.05) is 6.54 Å². The zero-order valence-corrected chi connectivity index (χ0v) is 11.8. The molecule has 0 aromatic heterocycles. The van der Waals surface area contributed by atoms with Crippen molar-refractivity contribution in [2.75, 3.05) is 18.8 Å². The summed E-state index contributed by atoms with van der Waals surface area (Å²) in [5.41, 5.74) is 5.03. The van der Waals surface area contributed by atoms with E-state index in [0.717, 1.165) is 0 Å². The van der Waals surface area contributed by atoms with Gasteiger partial charge in [-0.3, -0.25) is 0 Å². The Kier molecular flexibility index (Phi) is 5.91. The zero-order valence-electron chi connectivity index (χ0n) is 11.0. The molecule has 0 radical (unpaired) electrons. The molecule has 0 rings (SSSR count). The van der Waals surface area contributed by atoms with Gasteiger partial charge in [-0.15, -0.1) is 0 Å². The lowest BCUT2D eigenvalue weighted by molar-refractivity contribution is 0.314. The van der Waals surface area contributed by atoms with Crippen molar-refractivity contribution in [3.8, 4) is 0 Å². The minimum absolute atomic E-state index is 0.0404. The van der Waals surface area contributed by atoms with E-state index in [1.165, 1.54) is 4.31 Å². The van der Waals surface area contributed by atoms with E-state index in [-0.39, 0.29) is 23.5 Å². The number of oxime groups is 1. The van der Waals surface area contributed by atoms with Crippen molar-refractivity contribution in [3.05, 3.63) is 0 Å². The Morgan fingerprint density at radius 2 is 1.94 bits per heavy atom. The quantitative estimate of drug-likeness (QED) is 0.321. The molecule has 0 unspecified atom stereocenters. The molecule has 0 saturated heterocycles. The first-order valence-electron chi connectivity index (χ1n) is 5.56. The predicted molar refractivity (Wildman–Crippen MR) is 68.5 cm³/mol. The van der Waals surface area contributed by atoms with Crippen molar-refractivity contribution in [1.29, 1.82) is 0 Å². The van der Waals surface area contributed by atoms with Gasteiger partial charge in [0.1, 0.15) is 0 Å². The van der Waals surface area contributed by atoms with Crippen LogP contribution < -0.4 is 5.73 Å². The average Bonchev–Trinajstić information content (AvgIpc) is 2.13. The third-order valence-corrected chi connectivity index (χ3v) is 4.28. The smallest absolute Gasteiger partial charge is 0.215 e. The van der Waals surface area contributed by atoms with E-state index >= 15 is 0 Å². The Labute approximate surface area is 104 Å². The first-order chi connectivity index (χ1) is 7.62. The summed E-state index contributed by atoms with van der Waals surface area (Å²) in [5.74, 6) is -0.0606. The molecule has 0 fully saturated rings. The number of nitrogens with two attached hydrogens (primary N) is 1. The minimum atomic E-state index is -3.39. The molecule has 0 spiro atoms. The molecule has 3 N–H and O–H groups in total. The lowest BCUT2D eigenvalue weighted by Gasteiger charge is -2.26. The molecule has 6 nitrogen and oxygen atoms in total. The Balaban J connectivity index is 4.92. The van der Waals surface area contributed by atoms with E-state index in [1.54, 1.807) is 0 Å². The van der Waals surface area contributed by atoms with E-state index in [1.807, 2.05) is 27.7 Å². The van der Waals surface area contributed by atoms with Crippen molar-refractivity contribution in [1.82, 2.24) is 4.31 Å². The number of hydrogen-bond donors (Lipinski definition) is 2. The van der Waals surface area contributed by atoms with Crippen LogP contribution in [-0.2, 0) is 10.0 Å². The van der Waals surface area contributed by atoms with Gasteiger partial charge in [0.15, 0.2) is 5.84 Å². The second-order valence-electron chi connectivity index (χ2n) is 5.24. The van der Waals surface area contributed by atoms with Gasteiger partial charge in [0.25, 0.3) is 0 Å². The van der Waals surface area contributed by atoms with E-state index in [4.69, 9.17) is 10.9 Å². The molecule has 0 saturated carbocycles. The van der Waals surface area contributed by atoms with Gasteiger partial charge in [-0.25, -0.2) is 8.42 Å². The molecule has 0 atom stereocenters. The highest BCUT2D eigenvalue weighted by Gasteiger charge is 2.28. The summed E-state index contributed by atoms with van der Waals surface area (Å²) < 4.78 is 25.5. The summed E-state index contributed by atoms with van der Waals surface area (Å²) in [6.45, 7) is 7.76. The van der Waals surface area contributed by atoms with Crippen LogP contribution in [-0.4, -0.2) is 42.6 Å². The molecule has 7 heteroatoms. The summed E-state index contributed by atoms with van der Waals surface area (Å²) in [7, 11) is -3.39. The van der Waals surface area contributed by atoms with Crippen LogP contribution in [0.2, 0.25) is 0 Å². The molecule has 0 bridgehead atoms. The number of amidine groups is 1. The summed E-state index contributed by atoms with van der Waals surface area (Å²) in [6.07, 6.45) is 0.683. The third kappa shape index (κ3) is 6.48. The fraction of sp³-hybridized carbons (Fsp3) is 0.900. The second kappa shape index (κ2) is 6.20. The molecule has 0 aliphatic heterocycles. The zero-order chi connectivity index (χ0) is 13.7. The summed E-state index contributed by atoms with van der Waals surface area (Å²) in [5, 5.41) is 11.3. The first kappa shape index (κ1) is 16.2. The normalized spacial score (nSPS) is 14.3. The van der Waals surface area contributed by atoms with E-state index in [2.05, 4.69) is 5.16 Å². The van der Waals surface area contributed by atoms with Crippen molar-refractivity contribution in [2.24, 2.45) is 16.3 Å². The second-order valence-corrected chi connectivity index (χ2v) is 7.21. The van der Waals surface area contributed by atoms with Crippen LogP contribution in [0.1, 0.15) is 34.1 Å². The molecular formula is C10H23N3O3S. The lowest BCUT2D eigenvalue weighted by atomic mass is 10.0. The maximum absolute atomic E-state index is 12.1. The summed E-state index contributed by atoms with van der Waals surface area (Å²) in [4.78, 5) is 0. The van der Waals surface area contributed by atoms with E-state index < -0.39 is 10.0 Å². The highest BCUT2D eigenvalue weighted by Crippen LogP contribution is 2.18. The Morgan fingerprint density at radius 1 is 1.41 bits per heavy atom. The van der Waals surface area contributed by atoms with Crippen molar-refractivity contribution in [3.63, 3.8) is 0 Å². The van der Waals surface area contributed by atoms with E-state index in [0.29, 0.717) is 13.0 Å². The van der Waals surface area contributed by atoms with Crippen LogP contribution in [0.4, 0.5) is 0 Å². The standard InChI is InChI=1S/C10H23N3O3S/c1-5-6-13(7-9(11)12-14)17(15,16)8-10(2,3)4/h14H,5-8H2,1-4H3,(H2,11,12). The number of hydrogen-bond acceptors (Lipinski definition) is 4. The maximum atomic E-state index is 12.1. The van der Waals surface area contributed by atoms with Gasteiger partial charge < -0.3 is 10.9 Å². The highest BCUT2D eigenvalue weighted by molar-refractivity contribution is 7.89. The molecule has 0 aromatic carbocycles. The van der Waals surface area contributed by atoms with Crippen molar-refractivity contribution >= 4 is 15.9 Å². The minimum Gasteiger partial charge on any atom is -0.409 e. The van der Waals surface area contributed by atoms with Crippen molar-refractivity contribution in [2.45, 2.75) is 34.1 Å². The fourth-order valence-corrected chi connectivity index (χ4v) is 3.48. The summed E-state index contributed by atoms with van der Waals surface area (Å²) in [6, 6.07) is 0. The predicted octanol–water partition coefficient (Wildman–Crippen LogP) is 0.821. The highest BCUT2D eigenvalue weighted by atomic mass is 32.2. The van der Waals surface area contributed by atoms with Crippen molar-refractivity contribution < 1.29 is 13.6 Å². The van der Waals surface area contributed by atoms with Crippen LogP contribution in [0, 0.1) is 5.41 Å². The number of sulfonamides is 1. The topological polar surface area (TPSA) is 96.0 Å². The van der Waals surface area contributed by atoms with Crippen LogP contribution >= 0.6 is 0 Å². The monoisotopic (exact) mass is 265 g/mol. The molecule has 0 heterocycles. The molecule has 0 aromatic rings. The third-order valence-electron chi connectivity index (χ3n) is 1.95. The van der Waals surface area contributed by atoms with Gasteiger partial charge in [-0.05, 0) is 11.8 Å². The molecule has 17 heavy (non-hydrogen) atoms. The van der Waals surface area contributed by atoms with Crippen LogP contribution in [0.5, 0.6) is 0 Å². The van der Waals surface area contributed by atoms with Crippen LogP contribution in [0.3, 0.4) is 0 Å². The van der Waals surface area contributed by atoms with Gasteiger partial charge in [0.2, 0.25) is 10.0 Å². The van der Waals surface area contributed by atoms with Gasteiger partial charge in [-0.1, -0.05) is 32.9 Å². The maximum Gasteiger partial charge on any atom is 0.215 e. The summed E-state index contributed by atoms with van der Waals surface area (Å²) >= 11 is 0. The Hall–Kier alpha value is -0.820. The molecule has 0 amide bonds. The average molecular weight is 265 g/mol. The molecule has 0 aliphatic rings. The molecule has 102 valence electrons. The Bertz CT molecular complexity index is 357. The molecular weight excluding hydrogens is 242 g/mol. The first-order valence-corrected chi connectivity index (χ1v) is 7.17. The van der Waals surface area contributed by atoms with Crippen LogP contribution in [0.15, 0.2) is 5.16 Å². The Morgan fingerprint density at radius 3 is 2.29 bits per heavy atom. The number of nitrogens with zero attached hydrogens (tertiary/aromatic N) is 2. The lowest BCUT2D eigenvalue weighted by Crippen LogP contribution is -2.42. The van der Waals surface area contributed by atoms with Gasteiger partial charge >= 0.3 is 0 Å². The van der Waals surface area contributed by atoms with Gasteiger partial charge in [0.05, 0.1) is 12.3 Å². The van der Waals surface area contributed by atoms with E-state index in [9.17, 15) is 8.42 Å². The fourth-order valence-electron chi connectivity index (χ4n) is 1.42. The molecule has 0 aliphatic carbocycles. The van der Waals surface area contributed by atoms with Gasteiger partial charge in [-0.2, -0.15) is 4.31 Å². The largest absolute Gasteiger partial charge is 0.409 e.